The molecule has 0 aliphatic heterocycles. The normalized spacial score (nSPS) is 12.4. The van der Waals surface area contributed by atoms with E-state index in [0.717, 1.165) is 17.8 Å². The van der Waals surface area contributed by atoms with Gasteiger partial charge in [-0.15, -0.1) is 11.3 Å². The Morgan fingerprint density at radius 3 is 3.06 bits per heavy atom. The van der Waals surface area contributed by atoms with Crippen molar-refractivity contribution in [2.24, 2.45) is 0 Å². The van der Waals surface area contributed by atoms with Gasteiger partial charge in [-0.2, -0.15) is 0 Å². The minimum atomic E-state index is -1.02. The van der Waals surface area contributed by atoms with Gasteiger partial charge in [-0.3, -0.25) is 0 Å². The van der Waals surface area contributed by atoms with E-state index in [2.05, 4.69) is 4.98 Å². The minimum Gasteiger partial charge on any atom is -0.459 e. The van der Waals surface area contributed by atoms with Crippen molar-refractivity contribution < 1.29 is 19.7 Å². The molecule has 0 aromatic carbocycles. The molecule has 0 radical (unpaired) electrons. The predicted molar refractivity (Wildman–Crippen MR) is 59.5 cm³/mol. The molecule has 0 amide bonds. The lowest BCUT2D eigenvalue weighted by molar-refractivity contribution is 0.00969. The average molecular weight is 245 g/mol. The number of aliphatic hydroxyl groups is 2. The van der Waals surface area contributed by atoms with Crippen LogP contribution in [0, 0.1) is 0 Å². The summed E-state index contributed by atoms with van der Waals surface area (Å²) in [6, 6.07) is 0. The van der Waals surface area contributed by atoms with Crippen molar-refractivity contribution in [3.63, 3.8) is 0 Å². The van der Waals surface area contributed by atoms with E-state index in [4.69, 9.17) is 14.9 Å². The van der Waals surface area contributed by atoms with Gasteiger partial charge in [0.1, 0.15) is 17.6 Å². The highest BCUT2D eigenvalue weighted by atomic mass is 32.1. The van der Waals surface area contributed by atoms with Crippen LogP contribution in [-0.2, 0) is 11.2 Å². The molecule has 0 bridgehead atoms. The molecule has 0 aliphatic rings. The number of aliphatic hydroxyl groups excluding tert-OH is 2. The second kappa shape index (κ2) is 6.57. The first-order valence-electron chi connectivity index (χ1n) is 5.08. The SMILES string of the molecule is CCCc1ncc(C(=O)OCC(O)CO)s1. The molecule has 0 fully saturated rings. The molecule has 0 aliphatic carbocycles. The zero-order chi connectivity index (χ0) is 12.0. The number of thiazole rings is 1. The van der Waals surface area contributed by atoms with Crippen LogP contribution in [-0.4, -0.2) is 40.5 Å². The number of rotatable bonds is 6. The van der Waals surface area contributed by atoms with Crippen LogP contribution in [0.2, 0.25) is 0 Å². The molecule has 16 heavy (non-hydrogen) atoms. The summed E-state index contributed by atoms with van der Waals surface area (Å²) in [6.45, 7) is 1.42. The molecule has 90 valence electrons. The molecular formula is C10H15NO4S. The number of esters is 1. The maximum absolute atomic E-state index is 11.4. The fraction of sp³-hybridized carbons (Fsp3) is 0.600. The standard InChI is InChI=1S/C10H15NO4S/c1-2-3-9-11-4-8(16-9)10(14)15-6-7(13)5-12/h4,7,12-13H,2-3,5-6H2,1H3. The highest BCUT2D eigenvalue weighted by Crippen LogP contribution is 2.15. The Hall–Kier alpha value is -0.980. The summed E-state index contributed by atoms with van der Waals surface area (Å²) in [7, 11) is 0. The first-order valence-corrected chi connectivity index (χ1v) is 5.89. The average Bonchev–Trinajstić information content (AvgIpc) is 2.74. The van der Waals surface area contributed by atoms with Crippen molar-refractivity contribution in [3.8, 4) is 0 Å². The van der Waals surface area contributed by atoms with Crippen LogP contribution in [0.1, 0.15) is 28.0 Å². The highest BCUT2D eigenvalue weighted by Gasteiger charge is 2.13. The number of aryl methyl sites for hydroxylation is 1. The molecule has 2 N–H and O–H groups in total. The van der Waals surface area contributed by atoms with Gasteiger partial charge in [0.05, 0.1) is 17.8 Å². The van der Waals surface area contributed by atoms with Crippen molar-refractivity contribution in [2.75, 3.05) is 13.2 Å². The second-order valence-electron chi connectivity index (χ2n) is 3.30. The number of hydrogen-bond donors (Lipinski definition) is 2. The molecule has 1 aromatic rings. The number of hydrogen-bond acceptors (Lipinski definition) is 6. The minimum absolute atomic E-state index is 0.198. The Balaban J connectivity index is 2.46. The number of carbonyl (C=O) groups excluding carboxylic acids is 1. The maximum Gasteiger partial charge on any atom is 0.350 e. The third kappa shape index (κ3) is 3.88. The van der Waals surface area contributed by atoms with E-state index in [1.807, 2.05) is 6.92 Å². The lowest BCUT2D eigenvalue weighted by Gasteiger charge is -2.06. The summed E-state index contributed by atoms with van der Waals surface area (Å²) in [6.07, 6.45) is 2.28. The van der Waals surface area contributed by atoms with Gasteiger partial charge in [-0.05, 0) is 12.8 Å². The Labute approximate surface area is 97.7 Å². The third-order valence-electron chi connectivity index (χ3n) is 1.84. The van der Waals surface area contributed by atoms with Crippen molar-refractivity contribution in [1.29, 1.82) is 0 Å². The molecular weight excluding hydrogens is 230 g/mol. The van der Waals surface area contributed by atoms with Crippen LogP contribution in [0.15, 0.2) is 6.20 Å². The predicted octanol–water partition coefficient (Wildman–Crippen LogP) is 0.606. The van der Waals surface area contributed by atoms with Crippen molar-refractivity contribution >= 4 is 17.3 Å². The van der Waals surface area contributed by atoms with E-state index < -0.39 is 18.7 Å². The van der Waals surface area contributed by atoms with E-state index in [0.29, 0.717) is 4.88 Å². The topological polar surface area (TPSA) is 79.7 Å². The van der Waals surface area contributed by atoms with Crippen LogP contribution >= 0.6 is 11.3 Å². The lowest BCUT2D eigenvalue weighted by Crippen LogP contribution is -2.21. The molecule has 5 nitrogen and oxygen atoms in total. The van der Waals surface area contributed by atoms with Gasteiger partial charge in [-0.1, -0.05) is 6.92 Å². The first-order chi connectivity index (χ1) is 7.67. The molecule has 6 heteroatoms. The summed E-state index contributed by atoms with van der Waals surface area (Å²) in [4.78, 5) is 15.9. The van der Waals surface area contributed by atoms with Crippen LogP contribution in [0.3, 0.4) is 0 Å². The van der Waals surface area contributed by atoms with Gasteiger partial charge >= 0.3 is 5.97 Å². The highest BCUT2D eigenvalue weighted by molar-refractivity contribution is 7.13. The maximum atomic E-state index is 11.4. The lowest BCUT2D eigenvalue weighted by atomic mass is 10.4. The van der Waals surface area contributed by atoms with Gasteiger partial charge in [0.25, 0.3) is 0 Å². The Morgan fingerprint density at radius 2 is 2.44 bits per heavy atom. The number of nitrogens with zero attached hydrogens (tertiary/aromatic N) is 1. The largest absolute Gasteiger partial charge is 0.459 e. The quantitative estimate of drug-likeness (QED) is 0.718. The molecule has 0 spiro atoms. The van der Waals surface area contributed by atoms with Crippen LogP contribution in [0.4, 0.5) is 0 Å². The van der Waals surface area contributed by atoms with Crippen molar-refractivity contribution in [3.05, 3.63) is 16.1 Å². The van der Waals surface area contributed by atoms with Gasteiger partial charge < -0.3 is 14.9 Å². The number of ether oxygens (including phenoxy) is 1. The summed E-state index contributed by atoms with van der Waals surface area (Å²) >= 11 is 1.30. The molecule has 0 saturated heterocycles. The van der Waals surface area contributed by atoms with E-state index in [9.17, 15) is 4.79 Å². The van der Waals surface area contributed by atoms with Gasteiger partial charge in [0, 0.05) is 0 Å². The van der Waals surface area contributed by atoms with E-state index in [1.165, 1.54) is 17.5 Å². The van der Waals surface area contributed by atoms with E-state index >= 15 is 0 Å². The van der Waals surface area contributed by atoms with Gasteiger partial charge in [0.2, 0.25) is 0 Å². The van der Waals surface area contributed by atoms with Crippen LogP contribution in [0.25, 0.3) is 0 Å². The molecule has 1 unspecified atom stereocenters. The molecule has 1 heterocycles. The third-order valence-corrected chi connectivity index (χ3v) is 2.87. The smallest absolute Gasteiger partial charge is 0.350 e. The number of carbonyl (C=O) groups is 1. The number of aromatic nitrogens is 1. The van der Waals surface area contributed by atoms with Gasteiger partial charge in [0.15, 0.2) is 0 Å². The summed E-state index contributed by atoms with van der Waals surface area (Å²) in [5.41, 5.74) is 0. The summed E-state index contributed by atoms with van der Waals surface area (Å²) < 4.78 is 4.79. The monoisotopic (exact) mass is 245 g/mol. The molecule has 1 rings (SSSR count). The van der Waals surface area contributed by atoms with Crippen LogP contribution in [0.5, 0.6) is 0 Å². The summed E-state index contributed by atoms with van der Waals surface area (Å²) in [5, 5.41) is 18.4. The zero-order valence-corrected chi connectivity index (χ0v) is 9.87. The Morgan fingerprint density at radius 1 is 1.69 bits per heavy atom. The Bertz CT molecular complexity index is 339. The zero-order valence-electron chi connectivity index (χ0n) is 9.05. The molecule has 0 saturated carbocycles. The Kier molecular flexibility index (Phi) is 5.37. The van der Waals surface area contributed by atoms with Crippen molar-refractivity contribution in [1.82, 2.24) is 4.98 Å². The van der Waals surface area contributed by atoms with Gasteiger partial charge in [-0.25, -0.2) is 9.78 Å². The fourth-order valence-electron chi connectivity index (χ4n) is 1.03. The first kappa shape index (κ1) is 13.1. The van der Waals surface area contributed by atoms with E-state index in [1.54, 1.807) is 0 Å². The van der Waals surface area contributed by atoms with Crippen LogP contribution < -0.4 is 0 Å². The fourth-order valence-corrected chi connectivity index (χ4v) is 1.94. The molecule has 1 aromatic heterocycles. The van der Waals surface area contributed by atoms with E-state index in [-0.39, 0.29) is 6.61 Å². The summed E-state index contributed by atoms with van der Waals surface area (Å²) in [5.74, 6) is -0.507. The molecule has 1 atom stereocenters. The second-order valence-corrected chi connectivity index (χ2v) is 4.42. The van der Waals surface area contributed by atoms with Crippen molar-refractivity contribution in [2.45, 2.75) is 25.9 Å².